The van der Waals surface area contributed by atoms with Crippen LogP contribution >= 0.6 is 0 Å². The summed E-state index contributed by atoms with van der Waals surface area (Å²) in [4.78, 5) is 10.6. The van der Waals surface area contributed by atoms with E-state index in [2.05, 4.69) is 9.47 Å². The molecule has 0 aromatic rings. The van der Waals surface area contributed by atoms with Crippen molar-refractivity contribution >= 4 is 6.16 Å². The van der Waals surface area contributed by atoms with Crippen molar-refractivity contribution in [3.63, 3.8) is 0 Å². The highest BCUT2D eigenvalue weighted by Crippen LogP contribution is 1.96. The second-order valence-electron chi connectivity index (χ2n) is 2.03. The Morgan fingerprint density at radius 1 is 1.17 bits per heavy atom. The van der Waals surface area contributed by atoms with Crippen molar-refractivity contribution in [3.8, 4) is 12.1 Å². The molecular formula is C7H8N2O3. The van der Waals surface area contributed by atoms with Gasteiger partial charge in [-0.3, -0.25) is 0 Å². The Balaban J connectivity index is 3.78. The summed E-state index contributed by atoms with van der Waals surface area (Å²) in [6.07, 6.45) is -2.72. The molecule has 2 atom stereocenters. The first-order valence-electron chi connectivity index (χ1n) is 3.26. The molecule has 0 amide bonds. The lowest BCUT2D eigenvalue weighted by molar-refractivity contribution is 0.0329. The quantitative estimate of drug-likeness (QED) is 0.573. The van der Waals surface area contributed by atoms with Gasteiger partial charge in [0.05, 0.1) is 0 Å². The van der Waals surface area contributed by atoms with Crippen LogP contribution in [0.4, 0.5) is 4.79 Å². The van der Waals surface area contributed by atoms with Crippen LogP contribution in [0.2, 0.25) is 0 Å². The zero-order valence-electron chi connectivity index (χ0n) is 6.77. The molecule has 0 saturated heterocycles. The highest BCUT2D eigenvalue weighted by Gasteiger charge is 2.12. The Hall–Kier alpha value is -1.75. The van der Waals surface area contributed by atoms with Crippen LogP contribution in [-0.4, -0.2) is 18.4 Å². The van der Waals surface area contributed by atoms with E-state index in [1.54, 1.807) is 12.1 Å². The summed E-state index contributed by atoms with van der Waals surface area (Å²) in [6.45, 7) is 2.80. The van der Waals surface area contributed by atoms with Gasteiger partial charge in [0.25, 0.3) is 0 Å². The van der Waals surface area contributed by atoms with Gasteiger partial charge in [0.2, 0.25) is 0 Å². The predicted octanol–water partition coefficient (Wildman–Crippen LogP) is 0.964. The Morgan fingerprint density at radius 2 is 1.50 bits per heavy atom. The highest BCUT2D eigenvalue weighted by molar-refractivity contribution is 5.60. The van der Waals surface area contributed by atoms with E-state index in [-0.39, 0.29) is 0 Å². The van der Waals surface area contributed by atoms with Crippen molar-refractivity contribution in [1.29, 1.82) is 10.5 Å². The number of nitriles is 2. The summed E-state index contributed by atoms with van der Waals surface area (Å²) in [5.41, 5.74) is 0. The molecule has 2 unspecified atom stereocenters. The van der Waals surface area contributed by atoms with Crippen LogP contribution in [0.25, 0.3) is 0 Å². The van der Waals surface area contributed by atoms with E-state index in [1.165, 1.54) is 13.8 Å². The third-order valence-electron chi connectivity index (χ3n) is 0.910. The number of carbonyl (C=O) groups is 1. The first kappa shape index (κ1) is 10.2. The summed E-state index contributed by atoms with van der Waals surface area (Å²) < 4.78 is 8.80. The Bertz CT molecular complexity index is 214. The lowest BCUT2D eigenvalue weighted by Crippen LogP contribution is -2.18. The molecule has 64 valence electrons. The van der Waals surface area contributed by atoms with Crippen LogP contribution in [0.5, 0.6) is 0 Å². The summed E-state index contributed by atoms with van der Waals surface area (Å²) in [7, 11) is 0. The molecule has 5 heteroatoms. The first-order chi connectivity index (χ1) is 5.60. The maximum absolute atomic E-state index is 10.6. The van der Waals surface area contributed by atoms with Crippen LogP contribution in [0.1, 0.15) is 13.8 Å². The average Bonchev–Trinajstić information content (AvgIpc) is 2.03. The van der Waals surface area contributed by atoms with Crippen LogP contribution < -0.4 is 0 Å². The minimum absolute atomic E-state index is 0.858. The third kappa shape index (κ3) is 4.13. The molecule has 0 saturated carbocycles. The van der Waals surface area contributed by atoms with Crippen LogP contribution in [0.15, 0.2) is 0 Å². The van der Waals surface area contributed by atoms with Crippen molar-refractivity contribution < 1.29 is 14.3 Å². The van der Waals surface area contributed by atoms with Gasteiger partial charge in [-0.25, -0.2) is 4.79 Å². The maximum Gasteiger partial charge on any atom is 0.510 e. The van der Waals surface area contributed by atoms with Gasteiger partial charge in [0, 0.05) is 0 Å². The van der Waals surface area contributed by atoms with Crippen molar-refractivity contribution in [1.82, 2.24) is 0 Å². The fraction of sp³-hybridized carbons (Fsp3) is 0.571. The topological polar surface area (TPSA) is 83.1 Å². The van der Waals surface area contributed by atoms with Crippen molar-refractivity contribution in [2.75, 3.05) is 0 Å². The number of hydrogen-bond donors (Lipinski definition) is 0. The van der Waals surface area contributed by atoms with Gasteiger partial charge < -0.3 is 9.47 Å². The number of rotatable bonds is 2. The zero-order valence-corrected chi connectivity index (χ0v) is 6.77. The summed E-state index contributed by atoms with van der Waals surface area (Å²) in [6, 6.07) is 3.36. The van der Waals surface area contributed by atoms with E-state index in [4.69, 9.17) is 10.5 Å². The van der Waals surface area contributed by atoms with Crippen LogP contribution in [-0.2, 0) is 9.47 Å². The fourth-order valence-electron chi connectivity index (χ4n) is 0.369. The molecule has 0 aliphatic carbocycles. The lowest BCUT2D eigenvalue weighted by atomic mass is 10.5. The van der Waals surface area contributed by atoms with Gasteiger partial charge in [-0.2, -0.15) is 10.5 Å². The molecule has 0 fully saturated rings. The number of hydrogen-bond acceptors (Lipinski definition) is 5. The first-order valence-corrected chi connectivity index (χ1v) is 3.26. The smallest absolute Gasteiger partial charge is 0.416 e. The molecule has 0 radical (unpaired) electrons. The number of nitrogens with zero attached hydrogens (tertiary/aromatic N) is 2. The molecule has 12 heavy (non-hydrogen) atoms. The van der Waals surface area contributed by atoms with E-state index in [9.17, 15) is 4.79 Å². The number of ether oxygens (including phenoxy) is 2. The molecule has 0 aliphatic rings. The molecule has 0 N–H and O–H groups in total. The van der Waals surface area contributed by atoms with Gasteiger partial charge in [0.15, 0.2) is 12.2 Å². The minimum atomic E-state index is -1.00. The monoisotopic (exact) mass is 168 g/mol. The molecule has 0 rings (SSSR count). The fourth-order valence-corrected chi connectivity index (χ4v) is 0.369. The summed E-state index contributed by atoms with van der Waals surface area (Å²) in [5, 5.41) is 16.5. The summed E-state index contributed by atoms with van der Waals surface area (Å²) in [5.74, 6) is 0. The van der Waals surface area contributed by atoms with Gasteiger partial charge in [-0.15, -0.1) is 0 Å². The van der Waals surface area contributed by atoms with E-state index in [0.717, 1.165) is 0 Å². The Labute approximate surface area is 70.1 Å². The van der Waals surface area contributed by atoms with Crippen molar-refractivity contribution in [3.05, 3.63) is 0 Å². The molecule has 0 aromatic heterocycles. The molecule has 0 spiro atoms. The molecule has 0 bridgehead atoms. The molecule has 0 heterocycles. The largest absolute Gasteiger partial charge is 0.510 e. The van der Waals surface area contributed by atoms with Crippen molar-refractivity contribution in [2.24, 2.45) is 0 Å². The predicted molar refractivity (Wildman–Crippen MR) is 37.7 cm³/mol. The second-order valence-corrected chi connectivity index (χ2v) is 2.03. The second kappa shape index (κ2) is 4.97. The van der Waals surface area contributed by atoms with Gasteiger partial charge in [0.1, 0.15) is 12.1 Å². The van der Waals surface area contributed by atoms with Gasteiger partial charge >= 0.3 is 6.16 Å². The molecule has 0 aliphatic heterocycles. The summed E-state index contributed by atoms with van der Waals surface area (Å²) >= 11 is 0. The Kier molecular flexibility index (Phi) is 4.25. The van der Waals surface area contributed by atoms with Gasteiger partial charge in [-0.05, 0) is 13.8 Å². The van der Waals surface area contributed by atoms with Crippen LogP contribution in [0, 0.1) is 22.7 Å². The zero-order chi connectivity index (χ0) is 9.56. The normalized spacial score (nSPS) is 13.3. The van der Waals surface area contributed by atoms with E-state index >= 15 is 0 Å². The van der Waals surface area contributed by atoms with Crippen molar-refractivity contribution in [2.45, 2.75) is 26.1 Å². The molecule has 5 nitrogen and oxygen atoms in total. The van der Waals surface area contributed by atoms with E-state index < -0.39 is 18.4 Å². The third-order valence-corrected chi connectivity index (χ3v) is 0.910. The molecule has 0 aromatic carbocycles. The number of carbonyl (C=O) groups excluding carboxylic acids is 1. The van der Waals surface area contributed by atoms with E-state index in [1.807, 2.05) is 0 Å². The van der Waals surface area contributed by atoms with Gasteiger partial charge in [-0.1, -0.05) is 0 Å². The highest BCUT2D eigenvalue weighted by atomic mass is 16.7. The SMILES string of the molecule is CC(C#N)OC(=O)OC(C)C#N. The lowest BCUT2D eigenvalue weighted by Gasteiger charge is -2.07. The Morgan fingerprint density at radius 3 is 1.75 bits per heavy atom. The average molecular weight is 168 g/mol. The standard InChI is InChI=1S/C7H8N2O3/c1-5(3-8)11-7(10)12-6(2)4-9/h5-6H,1-2H3. The molecular weight excluding hydrogens is 160 g/mol. The van der Waals surface area contributed by atoms with Crippen LogP contribution in [0.3, 0.4) is 0 Å². The van der Waals surface area contributed by atoms with E-state index in [0.29, 0.717) is 0 Å². The maximum atomic E-state index is 10.6. The minimum Gasteiger partial charge on any atom is -0.416 e.